The Kier molecular flexibility index (Phi) is 5.43. The number of H-pyrrole nitrogens is 1. The summed E-state index contributed by atoms with van der Waals surface area (Å²) in [7, 11) is -2.00. The van der Waals surface area contributed by atoms with Crippen molar-refractivity contribution in [2.24, 2.45) is 0 Å². The SMILES string of the molecule is CN(CCCn1c2c(c(=O)[nH]c1=O)CCCC2)S(=O)(=O)c1ccccc1. The van der Waals surface area contributed by atoms with Gasteiger partial charge in [-0.1, -0.05) is 18.2 Å². The molecule has 0 atom stereocenters. The number of aromatic amines is 1. The van der Waals surface area contributed by atoms with E-state index >= 15 is 0 Å². The first-order valence-electron chi connectivity index (χ1n) is 8.77. The predicted octanol–water partition coefficient (Wildman–Crippen LogP) is 1.13. The first-order valence-corrected chi connectivity index (χ1v) is 10.2. The van der Waals surface area contributed by atoms with Crippen molar-refractivity contribution in [1.29, 1.82) is 0 Å². The van der Waals surface area contributed by atoms with Crippen molar-refractivity contribution in [1.82, 2.24) is 13.9 Å². The molecule has 1 aromatic carbocycles. The molecule has 0 saturated carbocycles. The van der Waals surface area contributed by atoms with Crippen LogP contribution in [0.3, 0.4) is 0 Å². The van der Waals surface area contributed by atoms with Gasteiger partial charge in [-0.3, -0.25) is 14.3 Å². The Hall–Kier alpha value is -2.19. The van der Waals surface area contributed by atoms with E-state index < -0.39 is 15.7 Å². The van der Waals surface area contributed by atoms with Gasteiger partial charge in [0.2, 0.25) is 10.0 Å². The van der Waals surface area contributed by atoms with E-state index in [-0.39, 0.29) is 17.0 Å². The molecule has 0 bridgehead atoms. The van der Waals surface area contributed by atoms with Gasteiger partial charge in [0.1, 0.15) is 0 Å². The highest BCUT2D eigenvalue weighted by Gasteiger charge is 2.21. The number of nitrogens with zero attached hydrogens (tertiary/aromatic N) is 2. The maximum absolute atomic E-state index is 12.5. The summed E-state index contributed by atoms with van der Waals surface area (Å²) in [4.78, 5) is 26.8. The van der Waals surface area contributed by atoms with Crippen LogP contribution in [0.1, 0.15) is 30.5 Å². The minimum absolute atomic E-state index is 0.251. The molecule has 8 heteroatoms. The standard InChI is InChI=1S/C18H23N3O4S/c1-20(26(24,25)14-8-3-2-4-9-14)12-7-13-21-16-11-6-5-10-15(16)17(22)19-18(21)23/h2-4,8-9H,5-7,10-13H2,1H3,(H,19,22,23). The number of rotatable bonds is 6. The van der Waals surface area contributed by atoms with Gasteiger partial charge in [0.15, 0.2) is 0 Å². The molecule has 1 aliphatic carbocycles. The van der Waals surface area contributed by atoms with Crippen LogP contribution in [0.5, 0.6) is 0 Å². The number of aromatic nitrogens is 2. The summed E-state index contributed by atoms with van der Waals surface area (Å²) in [6.45, 7) is 0.671. The fourth-order valence-electron chi connectivity index (χ4n) is 3.38. The van der Waals surface area contributed by atoms with Crippen LogP contribution in [0.4, 0.5) is 0 Å². The number of hydrogen-bond donors (Lipinski definition) is 1. The van der Waals surface area contributed by atoms with E-state index in [1.165, 1.54) is 11.4 Å². The number of hydrogen-bond acceptors (Lipinski definition) is 4. The maximum atomic E-state index is 12.5. The third-order valence-electron chi connectivity index (χ3n) is 4.81. The van der Waals surface area contributed by atoms with Gasteiger partial charge >= 0.3 is 5.69 Å². The third-order valence-corrected chi connectivity index (χ3v) is 6.68. The van der Waals surface area contributed by atoms with Crippen LogP contribution in [0.25, 0.3) is 0 Å². The van der Waals surface area contributed by atoms with Gasteiger partial charge in [0, 0.05) is 31.4 Å². The van der Waals surface area contributed by atoms with Crippen LogP contribution in [-0.4, -0.2) is 35.9 Å². The second-order valence-electron chi connectivity index (χ2n) is 6.54. The van der Waals surface area contributed by atoms with Gasteiger partial charge in [-0.25, -0.2) is 17.5 Å². The average Bonchev–Trinajstić information content (AvgIpc) is 2.65. The maximum Gasteiger partial charge on any atom is 0.328 e. The number of benzene rings is 1. The Morgan fingerprint density at radius 1 is 1.12 bits per heavy atom. The summed E-state index contributed by atoms with van der Waals surface area (Å²) in [6, 6.07) is 8.27. The highest BCUT2D eigenvalue weighted by molar-refractivity contribution is 7.89. The monoisotopic (exact) mass is 377 g/mol. The third kappa shape index (κ3) is 3.66. The first-order chi connectivity index (χ1) is 12.4. The first kappa shape index (κ1) is 18.6. The number of fused-ring (bicyclic) bond motifs is 1. The quantitative estimate of drug-likeness (QED) is 0.817. The van der Waals surface area contributed by atoms with Gasteiger partial charge in [-0.15, -0.1) is 0 Å². The van der Waals surface area contributed by atoms with E-state index in [4.69, 9.17) is 0 Å². The van der Waals surface area contributed by atoms with Crippen molar-refractivity contribution in [2.45, 2.75) is 43.5 Å². The van der Waals surface area contributed by atoms with E-state index in [0.717, 1.165) is 18.5 Å². The summed E-state index contributed by atoms with van der Waals surface area (Å²) in [6.07, 6.45) is 3.80. The van der Waals surface area contributed by atoms with Crippen molar-refractivity contribution in [3.8, 4) is 0 Å². The molecule has 7 nitrogen and oxygen atoms in total. The van der Waals surface area contributed by atoms with Crippen LogP contribution in [-0.2, 0) is 29.4 Å². The topological polar surface area (TPSA) is 92.2 Å². The Morgan fingerprint density at radius 2 is 1.81 bits per heavy atom. The van der Waals surface area contributed by atoms with E-state index in [0.29, 0.717) is 31.4 Å². The van der Waals surface area contributed by atoms with Crippen LogP contribution in [0.2, 0.25) is 0 Å². The van der Waals surface area contributed by atoms with Crippen molar-refractivity contribution in [3.05, 3.63) is 62.4 Å². The minimum Gasteiger partial charge on any atom is -0.297 e. The number of sulfonamides is 1. The largest absolute Gasteiger partial charge is 0.328 e. The molecule has 2 aromatic rings. The summed E-state index contributed by atoms with van der Waals surface area (Å²) in [5.41, 5.74) is 0.800. The van der Waals surface area contributed by atoms with E-state index in [2.05, 4.69) is 4.98 Å². The Balaban J connectivity index is 1.73. The van der Waals surface area contributed by atoms with Crippen molar-refractivity contribution in [2.75, 3.05) is 13.6 Å². The molecule has 1 aromatic heterocycles. The van der Waals surface area contributed by atoms with Gasteiger partial charge in [0.25, 0.3) is 5.56 Å². The summed E-state index contributed by atoms with van der Waals surface area (Å²) >= 11 is 0. The van der Waals surface area contributed by atoms with E-state index in [1.807, 2.05) is 0 Å². The lowest BCUT2D eigenvalue weighted by molar-refractivity contribution is 0.435. The molecule has 0 spiro atoms. The van der Waals surface area contributed by atoms with Gasteiger partial charge in [-0.05, 0) is 44.2 Å². The highest BCUT2D eigenvalue weighted by atomic mass is 32.2. The summed E-state index contributed by atoms with van der Waals surface area (Å²) < 4.78 is 28.0. The van der Waals surface area contributed by atoms with Gasteiger partial charge < -0.3 is 0 Å². The smallest absolute Gasteiger partial charge is 0.297 e. The Morgan fingerprint density at radius 3 is 2.54 bits per heavy atom. The second-order valence-corrected chi connectivity index (χ2v) is 8.58. The van der Waals surface area contributed by atoms with Crippen LogP contribution < -0.4 is 11.2 Å². The fourth-order valence-corrected chi connectivity index (χ4v) is 4.61. The average molecular weight is 377 g/mol. The summed E-state index contributed by atoms with van der Waals surface area (Å²) in [5.74, 6) is 0. The van der Waals surface area contributed by atoms with Crippen LogP contribution in [0.15, 0.2) is 44.8 Å². The van der Waals surface area contributed by atoms with Crippen molar-refractivity contribution in [3.63, 3.8) is 0 Å². The molecule has 0 fully saturated rings. The lowest BCUT2D eigenvalue weighted by Crippen LogP contribution is -2.37. The molecule has 140 valence electrons. The van der Waals surface area contributed by atoms with Crippen LogP contribution in [0, 0.1) is 0 Å². The highest BCUT2D eigenvalue weighted by Crippen LogP contribution is 2.17. The molecule has 0 radical (unpaired) electrons. The minimum atomic E-state index is -3.54. The zero-order chi connectivity index (χ0) is 18.7. The molecule has 1 N–H and O–H groups in total. The second kappa shape index (κ2) is 7.59. The van der Waals surface area contributed by atoms with Crippen molar-refractivity contribution >= 4 is 10.0 Å². The molecule has 0 unspecified atom stereocenters. The molecule has 3 rings (SSSR count). The lowest BCUT2D eigenvalue weighted by Gasteiger charge is -2.21. The van der Waals surface area contributed by atoms with Crippen LogP contribution >= 0.6 is 0 Å². The van der Waals surface area contributed by atoms with Crippen molar-refractivity contribution < 1.29 is 8.42 Å². The molecule has 0 aliphatic heterocycles. The molecule has 1 heterocycles. The van der Waals surface area contributed by atoms with E-state index in [1.54, 1.807) is 34.9 Å². The lowest BCUT2D eigenvalue weighted by atomic mass is 9.97. The normalized spacial score (nSPS) is 14.4. The molecule has 0 saturated heterocycles. The molecule has 1 aliphatic rings. The van der Waals surface area contributed by atoms with Gasteiger partial charge in [0.05, 0.1) is 4.90 Å². The van der Waals surface area contributed by atoms with E-state index in [9.17, 15) is 18.0 Å². The Labute approximate surface area is 152 Å². The van der Waals surface area contributed by atoms with Gasteiger partial charge in [-0.2, -0.15) is 0 Å². The Bertz CT molecular complexity index is 993. The molecule has 26 heavy (non-hydrogen) atoms. The molecular weight excluding hydrogens is 354 g/mol. The molecular formula is C18H23N3O4S. The zero-order valence-electron chi connectivity index (χ0n) is 14.8. The summed E-state index contributed by atoms with van der Waals surface area (Å²) in [5, 5.41) is 0. The fraction of sp³-hybridized carbons (Fsp3) is 0.444. The zero-order valence-corrected chi connectivity index (χ0v) is 15.6. The molecule has 0 amide bonds. The number of nitrogens with one attached hydrogen (secondary N) is 1. The predicted molar refractivity (Wildman–Crippen MR) is 98.8 cm³/mol.